The number of amides is 1. The summed E-state index contributed by atoms with van der Waals surface area (Å²) in [7, 11) is 2.10. The lowest BCUT2D eigenvalue weighted by molar-refractivity contribution is 0.0254. The Balaban J connectivity index is 1.59. The normalized spacial score (nSPS) is 21.4. The van der Waals surface area contributed by atoms with E-state index in [0.29, 0.717) is 35.7 Å². The predicted octanol–water partition coefficient (Wildman–Crippen LogP) is 3.20. The number of fused-ring (bicyclic) bond motifs is 1. The van der Waals surface area contributed by atoms with Gasteiger partial charge in [0, 0.05) is 56.1 Å². The summed E-state index contributed by atoms with van der Waals surface area (Å²) in [6.07, 6.45) is 3.54. The zero-order valence-corrected chi connectivity index (χ0v) is 21.8. The van der Waals surface area contributed by atoms with E-state index in [0.717, 1.165) is 32.6 Å². The van der Waals surface area contributed by atoms with Crippen molar-refractivity contribution in [3.8, 4) is 17.7 Å². The van der Waals surface area contributed by atoms with Gasteiger partial charge in [-0.1, -0.05) is 18.8 Å². The van der Waals surface area contributed by atoms with Crippen molar-refractivity contribution in [1.82, 2.24) is 14.8 Å². The number of hydrogen-bond acceptors (Lipinski definition) is 6. The maximum absolute atomic E-state index is 13.6. The van der Waals surface area contributed by atoms with Gasteiger partial charge in [0.1, 0.15) is 17.5 Å². The zero-order valence-electron chi connectivity index (χ0n) is 21.8. The van der Waals surface area contributed by atoms with Crippen molar-refractivity contribution in [2.45, 2.75) is 38.8 Å². The minimum absolute atomic E-state index is 0.0305. The van der Waals surface area contributed by atoms with Crippen LogP contribution in [-0.2, 0) is 4.74 Å². The Morgan fingerprint density at radius 2 is 1.89 bits per heavy atom. The fourth-order valence-electron chi connectivity index (χ4n) is 4.82. The molecule has 0 unspecified atom stereocenters. The van der Waals surface area contributed by atoms with Gasteiger partial charge in [-0.3, -0.25) is 4.79 Å². The lowest BCUT2D eigenvalue weighted by Crippen LogP contribution is -2.50. The van der Waals surface area contributed by atoms with Crippen molar-refractivity contribution in [3.05, 3.63) is 59.0 Å². The Bertz CT molecular complexity index is 1120. The number of likely N-dealkylation sites (N-methyl/N-ethyl adjacent to an activating group) is 1. The van der Waals surface area contributed by atoms with E-state index in [4.69, 9.17) is 9.47 Å². The molecule has 2 aliphatic rings. The number of halogens is 1. The van der Waals surface area contributed by atoms with Crippen LogP contribution in [0.2, 0.25) is 0 Å². The smallest absolute Gasteiger partial charge is 0.259 e. The van der Waals surface area contributed by atoms with Crippen molar-refractivity contribution in [1.29, 1.82) is 0 Å². The molecule has 0 saturated carbocycles. The molecule has 4 rings (SSSR count). The molecule has 37 heavy (non-hydrogen) atoms. The number of aliphatic hydroxyl groups excluding tert-OH is 1. The van der Waals surface area contributed by atoms with Crippen LogP contribution < -0.4 is 4.74 Å². The molecule has 1 N–H and O–H groups in total. The molecule has 3 atom stereocenters. The van der Waals surface area contributed by atoms with Gasteiger partial charge in [0.25, 0.3) is 5.91 Å². The van der Waals surface area contributed by atoms with Crippen LogP contribution in [0.15, 0.2) is 36.5 Å². The van der Waals surface area contributed by atoms with Gasteiger partial charge in [-0.2, -0.15) is 0 Å². The molecule has 0 spiro atoms. The molecule has 1 fully saturated rings. The second-order valence-corrected chi connectivity index (χ2v) is 10.2. The summed E-state index contributed by atoms with van der Waals surface area (Å²) in [5.41, 5.74) is 1.54. The van der Waals surface area contributed by atoms with E-state index in [1.165, 1.54) is 12.1 Å². The summed E-state index contributed by atoms with van der Waals surface area (Å²) in [5.74, 6) is 6.35. The molecule has 1 aromatic heterocycles. The second-order valence-electron chi connectivity index (χ2n) is 10.2. The second kappa shape index (κ2) is 12.5. The Morgan fingerprint density at radius 1 is 1.19 bits per heavy atom. The number of nitrogens with zero attached hydrogens (tertiary/aromatic N) is 3. The van der Waals surface area contributed by atoms with E-state index in [2.05, 4.69) is 35.7 Å². The average Bonchev–Trinajstić information content (AvgIpc) is 2.90. The molecular weight excluding hydrogens is 473 g/mol. The zero-order chi connectivity index (χ0) is 26.4. The highest BCUT2D eigenvalue weighted by Crippen LogP contribution is 2.27. The summed E-state index contributed by atoms with van der Waals surface area (Å²) in [5, 5.41) is 9.87. The van der Waals surface area contributed by atoms with Crippen LogP contribution >= 0.6 is 0 Å². The van der Waals surface area contributed by atoms with Crippen LogP contribution in [0.25, 0.3) is 0 Å². The highest BCUT2D eigenvalue weighted by atomic mass is 19.1. The number of aromatic nitrogens is 1. The minimum atomic E-state index is -0.351. The molecular formula is C29H36FN3O4. The number of hydrogen-bond donors (Lipinski definition) is 1. The monoisotopic (exact) mass is 509 g/mol. The number of rotatable bonds is 6. The van der Waals surface area contributed by atoms with Crippen molar-refractivity contribution >= 4 is 5.91 Å². The van der Waals surface area contributed by atoms with Gasteiger partial charge < -0.3 is 24.4 Å². The van der Waals surface area contributed by atoms with E-state index in [-0.39, 0.29) is 42.3 Å². The largest absolute Gasteiger partial charge is 0.472 e. The maximum Gasteiger partial charge on any atom is 0.259 e. The van der Waals surface area contributed by atoms with E-state index < -0.39 is 0 Å². The number of benzene rings is 1. The summed E-state index contributed by atoms with van der Waals surface area (Å²) < 4.78 is 25.1. The SMILES string of the molecule is C[C@@H]1CN([C@@H](C)CO)C(=O)c2cc(C#Cc3ccc(F)cc3)cnc2O[C@H]1CN(C)CC1CCOCC1. The van der Waals surface area contributed by atoms with Crippen molar-refractivity contribution < 1.29 is 23.8 Å². The molecule has 2 aromatic rings. The molecule has 1 aromatic carbocycles. The molecule has 3 heterocycles. The first-order chi connectivity index (χ1) is 17.8. The van der Waals surface area contributed by atoms with Crippen molar-refractivity contribution in [2.75, 3.05) is 46.5 Å². The predicted molar refractivity (Wildman–Crippen MR) is 139 cm³/mol. The van der Waals surface area contributed by atoms with Crippen LogP contribution in [0.4, 0.5) is 4.39 Å². The van der Waals surface area contributed by atoms with Crippen LogP contribution in [-0.4, -0.2) is 84.4 Å². The topological polar surface area (TPSA) is 75.1 Å². The van der Waals surface area contributed by atoms with E-state index >= 15 is 0 Å². The van der Waals surface area contributed by atoms with E-state index in [1.807, 2.05) is 6.92 Å². The summed E-state index contributed by atoms with van der Waals surface area (Å²) in [6, 6.07) is 7.26. The molecule has 0 aliphatic carbocycles. The molecule has 1 saturated heterocycles. The van der Waals surface area contributed by atoms with E-state index in [1.54, 1.807) is 29.3 Å². The number of ether oxygens (including phenoxy) is 2. The van der Waals surface area contributed by atoms with Crippen LogP contribution in [0, 0.1) is 29.5 Å². The van der Waals surface area contributed by atoms with Crippen LogP contribution in [0.1, 0.15) is 48.2 Å². The molecule has 0 bridgehead atoms. The summed E-state index contributed by atoms with van der Waals surface area (Å²) in [6.45, 7) is 7.52. The van der Waals surface area contributed by atoms with Gasteiger partial charge in [-0.15, -0.1) is 0 Å². The Kier molecular flexibility index (Phi) is 9.14. The van der Waals surface area contributed by atoms with Crippen LogP contribution in [0.5, 0.6) is 5.88 Å². The first kappa shape index (κ1) is 27.1. The maximum atomic E-state index is 13.6. The highest BCUT2D eigenvalue weighted by molar-refractivity contribution is 5.97. The third-order valence-corrected chi connectivity index (χ3v) is 7.12. The van der Waals surface area contributed by atoms with E-state index in [9.17, 15) is 14.3 Å². The molecule has 0 radical (unpaired) electrons. The quantitative estimate of drug-likeness (QED) is 0.603. The van der Waals surface area contributed by atoms with Gasteiger partial charge in [-0.05, 0) is 63.1 Å². The van der Waals surface area contributed by atoms with Gasteiger partial charge in [0.05, 0.1) is 12.6 Å². The number of carbonyl (C=O) groups is 1. The number of carbonyl (C=O) groups excluding carboxylic acids is 1. The number of pyridine rings is 1. The van der Waals surface area contributed by atoms with Crippen LogP contribution in [0.3, 0.4) is 0 Å². The third kappa shape index (κ3) is 7.07. The fourth-order valence-corrected chi connectivity index (χ4v) is 4.82. The lowest BCUT2D eigenvalue weighted by atomic mass is 9.97. The standard InChI is InChI=1S/C29H36FN3O4/c1-20-16-33(21(2)19-34)29(35)26-14-24(5-4-22-6-8-25(30)9-7-22)15-31-28(26)37-27(20)18-32(3)17-23-10-12-36-13-11-23/h6-9,14-15,20-21,23,27,34H,10-13,16-19H2,1-3H3/t20-,21+,27+/m1/s1. The Labute approximate surface area is 218 Å². The van der Waals surface area contributed by atoms with Gasteiger partial charge in [0.15, 0.2) is 0 Å². The number of aliphatic hydroxyl groups is 1. The third-order valence-electron chi connectivity index (χ3n) is 7.12. The fraction of sp³-hybridized carbons (Fsp3) is 0.517. The lowest BCUT2D eigenvalue weighted by Gasteiger charge is -2.38. The van der Waals surface area contributed by atoms with Crippen molar-refractivity contribution in [3.63, 3.8) is 0 Å². The average molecular weight is 510 g/mol. The molecule has 8 heteroatoms. The minimum Gasteiger partial charge on any atom is -0.472 e. The van der Waals surface area contributed by atoms with Crippen molar-refractivity contribution in [2.24, 2.45) is 11.8 Å². The Morgan fingerprint density at radius 3 is 2.59 bits per heavy atom. The molecule has 1 amide bonds. The summed E-state index contributed by atoms with van der Waals surface area (Å²) in [4.78, 5) is 22.1. The first-order valence-corrected chi connectivity index (χ1v) is 13.0. The van der Waals surface area contributed by atoms with Gasteiger partial charge in [0.2, 0.25) is 5.88 Å². The van der Waals surface area contributed by atoms with Gasteiger partial charge >= 0.3 is 0 Å². The molecule has 7 nitrogen and oxygen atoms in total. The first-order valence-electron chi connectivity index (χ1n) is 13.0. The Hall–Kier alpha value is -2.99. The molecule has 2 aliphatic heterocycles. The van der Waals surface area contributed by atoms with Gasteiger partial charge in [-0.25, -0.2) is 9.37 Å². The molecule has 198 valence electrons. The highest BCUT2D eigenvalue weighted by Gasteiger charge is 2.34. The summed E-state index contributed by atoms with van der Waals surface area (Å²) >= 11 is 0.